The van der Waals surface area contributed by atoms with Crippen molar-refractivity contribution >= 4 is 6.03 Å². The van der Waals surface area contributed by atoms with Gasteiger partial charge in [0.2, 0.25) is 0 Å². The molecule has 5 nitrogen and oxygen atoms in total. The van der Waals surface area contributed by atoms with Gasteiger partial charge in [0.05, 0.1) is 6.61 Å². The lowest BCUT2D eigenvalue weighted by Crippen LogP contribution is -2.43. The quantitative estimate of drug-likeness (QED) is 0.666. The van der Waals surface area contributed by atoms with Crippen molar-refractivity contribution in [3.8, 4) is 0 Å². The summed E-state index contributed by atoms with van der Waals surface area (Å²) in [6.07, 6.45) is 5.56. The SMILES string of the molecule is C=CCN(CCO)C(=O)NCC1CCN(C2CC2)C1. The van der Waals surface area contributed by atoms with Crippen molar-refractivity contribution in [2.45, 2.75) is 25.3 Å². The molecule has 1 aliphatic carbocycles. The van der Waals surface area contributed by atoms with Gasteiger partial charge in [-0.15, -0.1) is 6.58 Å². The molecule has 0 aromatic carbocycles. The lowest BCUT2D eigenvalue weighted by molar-refractivity contribution is 0.182. The van der Waals surface area contributed by atoms with Crippen LogP contribution < -0.4 is 5.32 Å². The highest BCUT2D eigenvalue weighted by Gasteiger charge is 2.34. The van der Waals surface area contributed by atoms with E-state index in [0.29, 0.717) is 19.0 Å². The fourth-order valence-electron chi connectivity index (χ4n) is 2.70. The Labute approximate surface area is 115 Å². The first-order valence-corrected chi connectivity index (χ1v) is 7.23. The van der Waals surface area contributed by atoms with Gasteiger partial charge in [-0.05, 0) is 31.7 Å². The fraction of sp³-hybridized carbons (Fsp3) is 0.786. The van der Waals surface area contributed by atoms with Crippen LogP contribution in [0.15, 0.2) is 12.7 Å². The zero-order valence-corrected chi connectivity index (χ0v) is 11.6. The molecule has 2 amide bonds. The first kappa shape index (κ1) is 14.3. The van der Waals surface area contributed by atoms with E-state index in [4.69, 9.17) is 5.11 Å². The first-order chi connectivity index (χ1) is 9.24. The molecule has 5 heteroatoms. The van der Waals surface area contributed by atoms with E-state index in [2.05, 4.69) is 16.8 Å². The molecule has 0 spiro atoms. The van der Waals surface area contributed by atoms with Crippen LogP contribution in [0, 0.1) is 5.92 Å². The third-order valence-corrected chi connectivity index (χ3v) is 3.93. The molecule has 108 valence electrons. The van der Waals surface area contributed by atoms with Crippen LogP contribution in [0.3, 0.4) is 0 Å². The number of carbonyl (C=O) groups is 1. The van der Waals surface area contributed by atoms with Crippen LogP contribution in [0.1, 0.15) is 19.3 Å². The Morgan fingerprint density at radius 2 is 2.26 bits per heavy atom. The van der Waals surface area contributed by atoms with Crippen molar-refractivity contribution in [2.75, 3.05) is 39.3 Å². The predicted molar refractivity (Wildman–Crippen MR) is 75.0 cm³/mol. The van der Waals surface area contributed by atoms with Crippen LogP contribution >= 0.6 is 0 Å². The molecule has 1 saturated heterocycles. The van der Waals surface area contributed by atoms with Gasteiger partial charge in [0.15, 0.2) is 0 Å². The number of amides is 2. The summed E-state index contributed by atoms with van der Waals surface area (Å²) in [5.74, 6) is 0.573. The Balaban J connectivity index is 1.68. The first-order valence-electron chi connectivity index (χ1n) is 7.23. The van der Waals surface area contributed by atoms with Crippen LogP contribution in [0.2, 0.25) is 0 Å². The van der Waals surface area contributed by atoms with E-state index in [1.54, 1.807) is 11.0 Å². The summed E-state index contributed by atoms with van der Waals surface area (Å²) in [4.78, 5) is 16.1. The Morgan fingerprint density at radius 1 is 1.47 bits per heavy atom. The van der Waals surface area contributed by atoms with Crippen molar-refractivity contribution in [3.63, 3.8) is 0 Å². The number of hydrogen-bond acceptors (Lipinski definition) is 3. The standard InChI is InChI=1S/C14H25N3O2/c1-2-6-16(8-9-18)14(19)15-10-12-5-7-17(11-12)13-3-4-13/h2,12-13,18H,1,3-11H2,(H,15,19). The number of likely N-dealkylation sites (tertiary alicyclic amines) is 1. The Morgan fingerprint density at radius 3 is 2.89 bits per heavy atom. The number of aliphatic hydroxyl groups is 1. The second-order valence-electron chi connectivity index (χ2n) is 5.53. The topological polar surface area (TPSA) is 55.8 Å². The van der Waals surface area contributed by atoms with Crippen LogP contribution in [0.5, 0.6) is 0 Å². The smallest absolute Gasteiger partial charge is 0.317 e. The minimum Gasteiger partial charge on any atom is -0.395 e. The highest BCUT2D eigenvalue weighted by atomic mass is 16.3. The number of nitrogens with one attached hydrogen (secondary N) is 1. The van der Waals surface area contributed by atoms with E-state index < -0.39 is 0 Å². The maximum absolute atomic E-state index is 11.9. The Kier molecular flexibility index (Phi) is 5.22. The minimum atomic E-state index is -0.0983. The van der Waals surface area contributed by atoms with Crippen molar-refractivity contribution in [2.24, 2.45) is 5.92 Å². The molecule has 2 rings (SSSR count). The molecule has 0 bridgehead atoms. The predicted octanol–water partition coefficient (Wildman–Crippen LogP) is 0.661. The summed E-state index contributed by atoms with van der Waals surface area (Å²) in [7, 11) is 0. The number of nitrogens with zero attached hydrogens (tertiary/aromatic N) is 2. The third kappa shape index (κ3) is 4.21. The van der Waals surface area contributed by atoms with Crippen molar-refractivity contribution in [1.29, 1.82) is 0 Å². The summed E-state index contributed by atoms with van der Waals surface area (Å²) >= 11 is 0. The molecular formula is C14H25N3O2. The van der Waals surface area contributed by atoms with Crippen LogP contribution in [-0.2, 0) is 0 Å². The monoisotopic (exact) mass is 267 g/mol. The molecule has 2 N–H and O–H groups in total. The normalized spacial score (nSPS) is 23.3. The summed E-state index contributed by atoms with van der Waals surface area (Å²) in [6, 6.07) is 0.728. The molecule has 0 aromatic heterocycles. The van der Waals surface area contributed by atoms with Crippen LogP contribution in [-0.4, -0.2) is 66.3 Å². The molecule has 1 atom stereocenters. The van der Waals surface area contributed by atoms with Crippen LogP contribution in [0.4, 0.5) is 4.79 Å². The van der Waals surface area contributed by atoms with E-state index in [9.17, 15) is 4.79 Å². The summed E-state index contributed by atoms with van der Waals surface area (Å²) in [5.41, 5.74) is 0. The van der Waals surface area contributed by atoms with E-state index in [1.165, 1.54) is 25.8 Å². The maximum Gasteiger partial charge on any atom is 0.317 e. The van der Waals surface area contributed by atoms with Gasteiger partial charge in [0, 0.05) is 32.2 Å². The van der Waals surface area contributed by atoms with E-state index in [1.807, 2.05) is 0 Å². The van der Waals surface area contributed by atoms with Gasteiger partial charge in [0.25, 0.3) is 0 Å². The van der Waals surface area contributed by atoms with Gasteiger partial charge in [-0.2, -0.15) is 0 Å². The summed E-state index contributed by atoms with van der Waals surface area (Å²) in [6.45, 7) is 7.48. The van der Waals surface area contributed by atoms with Gasteiger partial charge >= 0.3 is 6.03 Å². The van der Waals surface area contributed by atoms with Gasteiger partial charge in [-0.1, -0.05) is 6.08 Å². The molecule has 1 heterocycles. The lowest BCUT2D eigenvalue weighted by atomic mass is 10.1. The minimum absolute atomic E-state index is 0.0137. The Hall–Kier alpha value is -1.07. The fourth-order valence-corrected chi connectivity index (χ4v) is 2.70. The van der Waals surface area contributed by atoms with Crippen molar-refractivity contribution in [3.05, 3.63) is 12.7 Å². The second-order valence-corrected chi connectivity index (χ2v) is 5.53. The number of aliphatic hydroxyl groups excluding tert-OH is 1. The number of carbonyl (C=O) groups excluding carboxylic acids is 1. The molecule has 2 aliphatic rings. The average molecular weight is 267 g/mol. The highest BCUT2D eigenvalue weighted by molar-refractivity contribution is 5.74. The van der Waals surface area contributed by atoms with Gasteiger partial charge in [0.1, 0.15) is 0 Å². The average Bonchev–Trinajstić information content (AvgIpc) is 3.15. The highest BCUT2D eigenvalue weighted by Crippen LogP contribution is 2.31. The number of urea groups is 1. The number of rotatable bonds is 7. The molecule has 0 aromatic rings. The zero-order valence-electron chi connectivity index (χ0n) is 11.6. The Bertz CT molecular complexity index is 318. The third-order valence-electron chi connectivity index (χ3n) is 3.93. The van der Waals surface area contributed by atoms with E-state index in [-0.39, 0.29) is 12.6 Å². The van der Waals surface area contributed by atoms with E-state index >= 15 is 0 Å². The number of hydrogen-bond donors (Lipinski definition) is 2. The van der Waals surface area contributed by atoms with Crippen LogP contribution in [0.25, 0.3) is 0 Å². The molecule has 1 saturated carbocycles. The lowest BCUT2D eigenvalue weighted by Gasteiger charge is -2.22. The summed E-state index contributed by atoms with van der Waals surface area (Å²) in [5, 5.41) is 11.9. The van der Waals surface area contributed by atoms with Crippen molar-refractivity contribution in [1.82, 2.24) is 15.1 Å². The molecule has 2 fully saturated rings. The zero-order chi connectivity index (χ0) is 13.7. The van der Waals surface area contributed by atoms with E-state index in [0.717, 1.165) is 19.1 Å². The molecule has 1 aliphatic heterocycles. The van der Waals surface area contributed by atoms with Gasteiger partial charge < -0.3 is 20.2 Å². The maximum atomic E-state index is 11.9. The largest absolute Gasteiger partial charge is 0.395 e. The molecular weight excluding hydrogens is 242 g/mol. The van der Waals surface area contributed by atoms with Crippen molar-refractivity contribution < 1.29 is 9.90 Å². The molecule has 1 unspecified atom stereocenters. The van der Waals surface area contributed by atoms with Gasteiger partial charge in [-0.3, -0.25) is 0 Å². The second kappa shape index (κ2) is 6.91. The molecule has 0 radical (unpaired) electrons. The summed E-state index contributed by atoms with van der Waals surface area (Å²) < 4.78 is 0. The van der Waals surface area contributed by atoms with Gasteiger partial charge in [-0.25, -0.2) is 4.79 Å². The molecule has 19 heavy (non-hydrogen) atoms.